The summed E-state index contributed by atoms with van der Waals surface area (Å²) in [6.07, 6.45) is 1.84. The minimum Gasteiger partial charge on any atom is -0.207 e. The third-order valence-electron chi connectivity index (χ3n) is 4.14. The number of nitrogens with zero attached hydrogens (tertiary/aromatic N) is 1. The molecule has 2 aromatic carbocycles. The molecule has 0 atom stereocenters. The summed E-state index contributed by atoms with van der Waals surface area (Å²) in [4.78, 5) is 0.422. The van der Waals surface area contributed by atoms with Crippen LogP contribution < -0.4 is 0 Å². The van der Waals surface area contributed by atoms with E-state index in [2.05, 4.69) is 0 Å². The third kappa shape index (κ3) is 2.03. The van der Waals surface area contributed by atoms with Crippen molar-refractivity contribution in [3.05, 3.63) is 42.5 Å². The summed E-state index contributed by atoms with van der Waals surface area (Å²) in [5, 5.41) is 1.77. The van der Waals surface area contributed by atoms with Crippen molar-refractivity contribution in [1.82, 2.24) is 4.31 Å². The second kappa shape index (κ2) is 4.57. The molecule has 4 heteroatoms. The van der Waals surface area contributed by atoms with Crippen molar-refractivity contribution in [2.24, 2.45) is 0 Å². The topological polar surface area (TPSA) is 37.4 Å². The molecule has 0 amide bonds. The van der Waals surface area contributed by atoms with Gasteiger partial charge in [0.15, 0.2) is 0 Å². The van der Waals surface area contributed by atoms with Crippen molar-refractivity contribution in [2.45, 2.75) is 37.1 Å². The van der Waals surface area contributed by atoms with Gasteiger partial charge in [-0.25, -0.2) is 8.42 Å². The minimum absolute atomic E-state index is 0.296. The van der Waals surface area contributed by atoms with Gasteiger partial charge in [0, 0.05) is 17.5 Å². The van der Waals surface area contributed by atoms with E-state index in [0.29, 0.717) is 11.4 Å². The molecule has 0 N–H and O–H groups in total. The van der Waals surface area contributed by atoms with E-state index in [1.165, 1.54) is 0 Å². The highest BCUT2D eigenvalue weighted by atomic mass is 32.2. The molecule has 1 aliphatic rings. The average molecular weight is 289 g/mol. The molecule has 0 unspecified atom stereocenters. The highest BCUT2D eigenvalue weighted by Gasteiger charge is 2.41. The SMILES string of the molecule is CC1(C)CCCN1S(=O)(=O)c1cccc2ccccc12. The van der Waals surface area contributed by atoms with E-state index in [9.17, 15) is 8.42 Å². The molecular formula is C16H19NO2S. The van der Waals surface area contributed by atoms with E-state index >= 15 is 0 Å². The monoisotopic (exact) mass is 289 g/mol. The van der Waals surface area contributed by atoms with Gasteiger partial charge in [-0.1, -0.05) is 36.4 Å². The molecule has 3 rings (SSSR count). The summed E-state index contributed by atoms with van der Waals surface area (Å²) in [7, 11) is -3.44. The summed E-state index contributed by atoms with van der Waals surface area (Å²) >= 11 is 0. The van der Waals surface area contributed by atoms with Gasteiger partial charge >= 0.3 is 0 Å². The molecule has 0 saturated carbocycles. The molecule has 0 aromatic heterocycles. The molecule has 0 spiro atoms. The molecule has 3 nitrogen and oxygen atoms in total. The van der Waals surface area contributed by atoms with Crippen LogP contribution in [0.15, 0.2) is 47.4 Å². The first-order valence-electron chi connectivity index (χ1n) is 6.93. The highest BCUT2D eigenvalue weighted by Crippen LogP contribution is 2.35. The fourth-order valence-corrected chi connectivity index (χ4v) is 5.13. The van der Waals surface area contributed by atoms with Crippen LogP contribution in [0, 0.1) is 0 Å². The van der Waals surface area contributed by atoms with Crippen LogP contribution >= 0.6 is 0 Å². The van der Waals surface area contributed by atoms with E-state index < -0.39 is 10.0 Å². The van der Waals surface area contributed by atoms with E-state index in [1.54, 1.807) is 10.4 Å². The van der Waals surface area contributed by atoms with Crippen molar-refractivity contribution in [1.29, 1.82) is 0 Å². The van der Waals surface area contributed by atoms with E-state index in [0.717, 1.165) is 23.6 Å². The minimum atomic E-state index is -3.44. The van der Waals surface area contributed by atoms with Gasteiger partial charge in [-0.2, -0.15) is 4.31 Å². The maximum absolute atomic E-state index is 13.0. The maximum atomic E-state index is 13.0. The Bertz CT molecular complexity index is 745. The number of fused-ring (bicyclic) bond motifs is 1. The lowest BCUT2D eigenvalue weighted by atomic mass is 10.0. The normalized spacial score (nSPS) is 19.5. The average Bonchev–Trinajstić information content (AvgIpc) is 2.78. The van der Waals surface area contributed by atoms with E-state index in [1.807, 2.05) is 50.2 Å². The van der Waals surface area contributed by atoms with Crippen LogP contribution in [-0.4, -0.2) is 24.8 Å². The molecule has 0 bridgehead atoms. The smallest absolute Gasteiger partial charge is 0.207 e. The molecule has 0 radical (unpaired) electrons. The summed E-state index contributed by atoms with van der Waals surface area (Å²) in [6, 6.07) is 13.1. The standard InChI is InChI=1S/C16H19NO2S/c1-16(2)11-6-12-17(16)20(18,19)15-10-5-8-13-7-3-4-9-14(13)15/h3-5,7-10H,6,11-12H2,1-2H3. The summed E-state index contributed by atoms with van der Waals surface area (Å²) in [6.45, 7) is 4.61. The van der Waals surface area contributed by atoms with Gasteiger partial charge in [-0.15, -0.1) is 0 Å². The largest absolute Gasteiger partial charge is 0.244 e. The first-order chi connectivity index (χ1) is 9.43. The predicted molar refractivity (Wildman–Crippen MR) is 81.2 cm³/mol. The molecule has 1 aliphatic heterocycles. The predicted octanol–water partition coefficient (Wildman–Crippen LogP) is 3.40. The number of sulfonamides is 1. The number of rotatable bonds is 2. The highest BCUT2D eigenvalue weighted by molar-refractivity contribution is 7.89. The summed E-state index contributed by atoms with van der Waals surface area (Å²) in [5.74, 6) is 0. The van der Waals surface area contributed by atoms with Crippen LogP contribution in [0.1, 0.15) is 26.7 Å². The lowest BCUT2D eigenvalue weighted by molar-refractivity contribution is 0.292. The summed E-state index contributed by atoms with van der Waals surface area (Å²) in [5.41, 5.74) is -0.296. The third-order valence-corrected chi connectivity index (χ3v) is 6.31. The maximum Gasteiger partial charge on any atom is 0.244 e. The van der Waals surface area contributed by atoms with Crippen molar-refractivity contribution in [2.75, 3.05) is 6.54 Å². The molecule has 1 fully saturated rings. The van der Waals surface area contributed by atoms with Crippen molar-refractivity contribution < 1.29 is 8.42 Å². The number of hydrogen-bond acceptors (Lipinski definition) is 2. The first-order valence-corrected chi connectivity index (χ1v) is 8.37. The van der Waals surface area contributed by atoms with E-state index in [-0.39, 0.29) is 5.54 Å². The molecule has 20 heavy (non-hydrogen) atoms. The van der Waals surface area contributed by atoms with Gasteiger partial charge < -0.3 is 0 Å². The van der Waals surface area contributed by atoms with Gasteiger partial charge in [0.05, 0.1) is 4.90 Å². The Morgan fingerprint density at radius 2 is 1.75 bits per heavy atom. The van der Waals surface area contributed by atoms with Gasteiger partial charge in [-0.05, 0) is 38.1 Å². The van der Waals surface area contributed by atoms with Crippen molar-refractivity contribution >= 4 is 20.8 Å². The van der Waals surface area contributed by atoms with Crippen LogP contribution in [0.3, 0.4) is 0 Å². The zero-order chi connectivity index (χ0) is 14.4. The Morgan fingerprint density at radius 1 is 1.05 bits per heavy atom. The fraction of sp³-hybridized carbons (Fsp3) is 0.375. The second-order valence-electron chi connectivity index (χ2n) is 5.97. The van der Waals surface area contributed by atoms with Crippen LogP contribution in [0.2, 0.25) is 0 Å². The summed E-state index contributed by atoms with van der Waals surface area (Å²) < 4.78 is 27.6. The Labute approximate surface area is 120 Å². The Morgan fingerprint density at radius 3 is 2.45 bits per heavy atom. The molecule has 2 aromatic rings. The van der Waals surface area contributed by atoms with Crippen molar-refractivity contribution in [3.8, 4) is 0 Å². The molecule has 1 saturated heterocycles. The number of benzene rings is 2. The van der Waals surface area contributed by atoms with Crippen LogP contribution in [0.4, 0.5) is 0 Å². The van der Waals surface area contributed by atoms with Crippen LogP contribution in [0.5, 0.6) is 0 Å². The first kappa shape index (κ1) is 13.6. The zero-order valence-corrected chi connectivity index (χ0v) is 12.7. The van der Waals surface area contributed by atoms with Crippen LogP contribution in [-0.2, 0) is 10.0 Å². The molecule has 106 valence electrons. The molecular weight excluding hydrogens is 270 g/mol. The van der Waals surface area contributed by atoms with Gasteiger partial charge in [0.1, 0.15) is 0 Å². The van der Waals surface area contributed by atoms with Crippen LogP contribution in [0.25, 0.3) is 10.8 Å². The van der Waals surface area contributed by atoms with Gasteiger partial charge in [0.2, 0.25) is 10.0 Å². The lowest BCUT2D eigenvalue weighted by Crippen LogP contribution is -2.42. The second-order valence-corrected chi connectivity index (χ2v) is 7.80. The van der Waals surface area contributed by atoms with Gasteiger partial charge in [0.25, 0.3) is 0 Å². The quantitative estimate of drug-likeness (QED) is 0.849. The molecule has 1 heterocycles. The Kier molecular flexibility index (Phi) is 3.10. The van der Waals surface area contributed by atoms with Gasteiger partial charge in [-0.3, -0.25) is 0 Å². The number of hydrogen-bond donors (Lipinski definition) is 0. The fourth-order valence-electron chi connectivity index (χ4n) is 3.07. The Hall–Kier alpha value is -1.39. The van der Waals surface area contributed by atoms with Crippen molar-refractivity contribution in [3.63, 3.8) is 0 Å². The lowest BCUT2D eigenvalue weighted by Gasteiger charge is -2.30. The van der Waals surface area contributed by atoms with E-state index in [4.69, 9.17) is 0 Å². The zero-order valence-electron chi connectivity index (χ0n) is 11.8. The molecule has 0 aliphatic carbocycles. The Balaban J connectivity index is 2.20.